The Morgan fingerprint density at radius 2 is 2.11 bits per heavy atom. The second-order valence-corrected chi connectivity index (χ2v) is 3.78. The van der Waals surface area contributed by atoms with Gasteiger partial charge >= 0.3 is 6.18 Å². The van der Waals surface area contributed by atoms with Crippen molar-refractivity contribution in [1.29, 1.82) is 0 Å². The van der Waals surface area contributed by atoms with Crippen LogP contribution < -0.4 is 10.1 Å². The molecule has 0 amide bonds. The molecule has 0 spiro atoms. The van der Waals surface area contributed by atoms with Crippen LogP contribution in [0.4, 0.5) is 17.6 Å². The van der Waals surface area contributed by atoms with E-state index in [9.17, 15) is 17.6 Å². The van der Waals surface area contributed by atoms with E-state index in [0.717, 1.165) is 0 Å². The van der Waals surface area contributed by atoms with E-state index in [4.69, 9.17) is 4.74 Å². The van der Waals surface area contributed by atoms with Gasteiger partial charge < -0.3 is 10.1 Å². The Kier molecular flexibility index (Phi) is 4.89. The van der Waals surface area contributed by atoms with Gasteiger partial charge in [-0.3, -0.25) is 0 Å². The van der Waals surface area contributed by atoms with Gasteiger partial charge in [-0.15, -0.1) is 0 Å². The minimum absolute atomic E-state index is 0.0431. The highest BCUT2D eigenvalue weighted by Crippen LogP contribution is 2.30. The topological polar surface area (TPSA) is 34.1 Å². The average Bonchev–Trinajstić information content (AvgIpc) is 2.26. The van der Waals surface area contributed by atoms with E-state index >= 15 is 0 Å². The molecule has 102 valence electrons. The molecule has 1 heterocycles. The van der Waals surface area contributed by atoms with Crippen molar-refractivity contribution in [2.24, 2.45) is 0 Å². The number of pyridine rings is 1. The van der Waals surface area contributed by atoms with Crippen LogP contribution in [0.15, 0.2) is 12.3 Å². The first-order valence-electron chi connectivity index (χ1n) is 5.43. The Morgan fingerprint density at radius 1 is 1.44 bits per heavy atom. The first-order chi connectivity index (χ1) is 8.34. The maximum atomic E-state index is 13.3. The van der Waals surface area contributed by atoms with Crippen LogP contribution in [0, 0.1) is 5.82 Å². The summed E-state index contributed by atoms with van der Waals surface area (Å²) in [5.41, 5.74) is -1.13. The zero-order valence-corrected chi connectivity index (χ0v) is 10.0. The highest BCUT2D eigenvalue weighted by atomic mass is 19.4. The molecular formula is C11H14F4N2O. The van der Waals surface area contributed by atoms with Gasteiger partial charge in [0.15, 0.2) is 5.82 Å². The number of rotatable bonds is 5. The molecule has 0 fully saturated rings. The molecule has 7 heteroatoms. The van der Waals surface area contributed by atoms with Crippen LogP contribution in [0.2, 0.25) is 0 Å². The van der Waals surface area contributed by atoms with Crippen molar-refractivity contribution in [1.82, 2.24) is 10.3 Å². The normalized spacial score (nSPS) is 13.4. The molecule has 0 aliphatic rings. The zero-order valence-electron chi connectivity index (χ0n) is 10.0. The Morgan fingerprint density at radius 3 is 2.61 bits per heavy atom. The number of likely N-dealkylation sites (N-methyl/N-ethyl adjacent to an activating group) is 1. The summed E-state index contributed by atoms with van der Waals surface area (Å²) < 4.78 is 55.1. The molecule has 0 saturated carbocycles. The number of nitrogens with one attached hydrogen (secondary N) is 1. The van der Waals surface area contributed by atoms with E-state index in [1.54, 1.807) is 0 Å². The minimum atomic E-state index is -4.61. The molecule has 0 saturated heterocycles. The third-order valence-electron chi connectivity index (χ3n) is 2.16. The fourth-order valence-corrected chi connectivity index (χ4v) is 1.30. The lowest BCUT2D eigenvalue weighted by molar-refractivity contribution is -0.138. The van der Waals surface area contributed by atoms with Crippen LogP contribution in [0.5, 0.6) is 5.88 Å². The van der Waals surface area contributed by atoms with E-state index < -0.39 is 23.4 Å². The molecule has 0 radical (unpaired) electrons. The quantitative estimate of drug-likeness (QED) is 0.832. The number of alkyl halides is 3. The van der Waals surface area contributed by atoms with Crippen molar-refractivity contribution in [2.75, 3.05) is 13.2 Å². The second kappa shape index (κ2) is 5.99. The molecule has 0 unspecified atom stereocenters. The fraction of sp³-hybridized carbons (Fsp3) is 0.545. The summed E-state index contributed by atoms with van der Waals surface area (Å²) in [7, 11) is 0. The number of aromatic nitrogens is 1. The summed E-state index contributed by atoms with van der Waals surface area (Å²) in [5, 5.41) is 3.02. The monoisotopic (exact) mass is 266 g/mol. The molecule has 1 rings (SSSR count). The predicted octanol–water partition coefficient (Wildman–Crippen LogP) is 2.62. The lowest BCUT2D eigenvalue weighted by Crippen LogP contribution is -2.31. The summed E-state index contributed by atoms with van der Waals surface area (Å²) >= 11 is 0. The first kappa shape index (κ1) is 14.7. The van der Waals surface area contributed by atoms with Gasteiger partial charge in [0, 0.05) is 12.2 Å². The van der Waals surface area contributed by atoms with Gasteiger partial charge in [-0.05, 0) is 19.5 Å². The highest BCUT2D eigenvalue weighted by Gasteiger charge is 2.32. The molecular weight excluding hydrogens is 252 g/mol. The number of hydrogen-bond acceptors (Lipinski definition) is 3. The van der Waals surface area contributed by atoms with Gasteiger partial charge in [-0.1, -0.05) is 6.92 Å². The molecule has 0 aliphatic carbocycles. The number of hydrogen-bond donors (Lipinski definition) is 1. The van der Waals surface area contributed by atoms with Crippen LogP contribution in [0.1, 0.15) is 19.4 Å². The SMILES string of the molecule is CCN[C@@H](C)COc1ncc(C(F)(F)F)cc1F. The van der Waals surface area contributed by atoms with Crippen molar-refractivity contribution in [2.45, 2.75) is 26.1 Å². The molecule has 0 aliphatic heterocycles. The van der Waals surface area contributed by atoms with Crippen molar-refractivity contribution < 1.29 is 22.3 Å². The lowest BCUT2D eigenvalue weighted by Gasteiger charge is -2.14. The van der Waals surface area contributed by atoms with Gasteiger partial charge in [-0.2, -0.15) is 13.2 Å². The average molecular weight is 266 g/mol. The standard InChI is InChI=1S/C11H14F4N2O/c1-3-16-7(2)6-18-10-9(12)4-8(5-17-10)11(13,14)15/h4-5,7,16H,3,6H2,1-2H3/t7-/m0/s1. The summed E-state index contributed by atoms with van der Waals surface area (Å²) in [6.45, 7) is 4.55. The molecule has 1 N–H and O–H groups in total. The maximum absolute atomic E-state index is 13.3. The van der Waals surface area contributed by atoms with Crippen LogP contribution >= 0.6 is 0 Å². The number of ether oxygens (including phenoxy) is 1. The van der Waals surface area contributed by atoms with E-state index in [2.05, 4.69) is 10.3 Å². The molecule has 18 heavy (non-hydrogen) atoms. The predicted molar refractivity (Wildman–Crippen MR) is 57.8 cm³/mol. The van der Waals surface area contributed by atoms with Gasteiger partial charge in [0.05, 0.1) is 5.56 Å². The fourth-order valence-electron chi connectivity index (χ4n) is 1.30. The summed E-state index contributed by atoms with van der Waals surface area (Å²) in [6.07, 6.45) is -4.06. The molecule has 0 aromatic carbocycles. The summed E-state index contributed by atoms with van der Waals surface area (Å²) in [4.78, 5) is 3.33. The van der Waals surface area contributed by atoms with Crippen molar-refractivity contribution in [3.63, 3.8) is 0 Å². The Bertz CT molecular complexity index is 395. The van der Waals surface area contributed by atoms with Crippen molar-refractivity contribution in [3.8, 4) is 5.88 Å². The van der Waals surface area contributed by atoms with Gasteiger partial charge in [0.25, 0.3) is 0 Å². The molecule has 3 nitrogen and oxygen atoms in total. The van der Waals surface area contributed by atoms with Crippen LogP contribution in [0.25, 0.3) is 0 Å². The first-order valence-corrected chi connectivity index (χ1v) is 5.43. The molecule has 1 aromatic rings. The smallest absolute Gasteiger partial charge is 0.417 e. The molecule has 0 bridgehead atoms. The Hall–Kier alpha value is -1.37. The number of halogens is 4. The van der Waals surface area contributed by atoms with Crippen LogP contribution in [-0.2, 0) is 6.18 Å². The van der Waals surface area contributed by atoms with Crippen molar-refractivity contribution >= 4 is 0 Å². The number of nitrogens with zero attached hydrogens (tertiary/aromatic N) is 1. The third kappa shape index (κ3) is 4.14. The lowest BCUT2D eigenvalue weighted by atomic mass is 10.3. The molecule has 1 aromatic heterocycles. The summed E-state index contributed by atoms with van der Waals surface area (Å²) in [5.74, 6) is -1.54. The van der Waals surface area contributed by atoms with Gasteiger partial charge in [-0.25, -0.2) is 9.37 Å². The minimum Gasteiger partial charge on any atom is -0.474 e. The third-order valence-corrected chi connectivity index (χ3v) is 2.16. The second-order valence-electron chi connectivity index (χ2n) is 3.78. The largest absolute Gasteiger partial charge is 0.474 e. The van der Waals surface area contributed by atoms with E-state index in [1.807, 2.05) is 13.8 Å². The Labute approximate surface area is 102 Å². The van der Waals surface area contributed by atoms with E-state index in [0.29, 0.717) is 18.8 Å². The van der Waals surface area contributed by atoms with Crippen molar-refractivity contribution in [3.05, 3.63) is 23.6 Å². The Balaban J connectivity index is 2.69. The van der Waals surface area contributed by atoms with Crippen LogP contribution in [0.3, 0.4) is 0 Å². The van der Waals surface area contributed by atoms with Gasteiger partial charge in [0.1, 0.15) is 6.61 Å². The highest BCUT2D eigenvalue weighted by molar-refractivity contribution is 5.22. The van der Waals surface area contributed by atoms with E-state index in [1.165, 1.54) is 0 Å². The summed E-state index contributed by atoms with van der Waals surface area (Å²) in [6, 6.07) is 0.332. The van der Waals surface area contributed by atoms with E-state index in [-0.39, 0.29) is 12.6 Å². The molecule has 1 atom stereocenters. The van der Waals surface area contributed by atoms with Crippen LogP contribution in [-0.4, -0.2) is 24.2 Å². The zero-order chi connectivity index (χ0) is 13.8. The maximum Gasteiger partial charge on any atom is 0.417 e. The van der Waals surface area contributed by atoms with Gasteiger partial charge in [0.2, 0.25) is 5.88 Å².